The summed E-state index contributed by atoms with van der Waals surface area (Å²) in [5.41, 5.74) is 2.06. The van der Waals surface area contributed by atoms with Crippen molar-refractivity contribution in [2.75, 3.05) is 13.1 Å². The predicted octanol–water partition coefficient (Wildman–Crippen LogP) is 0.949. The highest BCUT2D eigenvalue weighted by atomic mass is 16.2. The number of aryl methyl sites for hydroxylation is 1. The third-order valence-electron chi connectivity index (χ3n) is 3.67. The van der Waals surface area contributed by atoms with Crippen molar-refractivity contribution < 1.29 is 9.59 Å². The summed E-state index contributed by atoms with van der Waals surface area (Å²) >= 11 is 0. The van der Waals surface area contributed by atoms with E-state index in [9.17, 15) is 9.59 Å². The number of aromatic nitrogens is 2. The van der Waals surface area contributed by atoms with Crippen molar-refractivity contribution in [2.45, 2.75) is 45.6 Å². The van der Waals surface area contributed by atoms with Gasteiger partial charge in [-0.1, -0.05) is 0 Å². The minimum absolute atomic E-state index is 0.0165. The van der Waals surface area contributed by atoms with Crippen molar-refractivity contribution >= 4 is 11.8 Å². The largest absolute Gasteiger partial charge is 0.345 e. The Morgan fingerprint density at radius 1 is 1.55 bits per heavy atom. The monoisotopic (exact) mass is 278 g/mol. The van der Waals surface area contributed by atoms with Crippen LogP contribution in [0.25, 0.3) is 0 Å². The van der Waals surface area contributed by atoms with Crippen LogP contribution in [0, 0.1) is 6.92 Å². The van der Waals surface area contributed by atoms with Crippen LogP contribution in [0.2, 0.25) is 0 Å². The average molecular weight is 278 g/mol. The summed E-state index contributed by atoms with van der Waals surface area (Å²) in [5, 5.41) is 9.89. The fourth-order valence-corrected chi connectivity index (χ4v) is 2.71. The number of hydrogen-bond donors (Lipinski definition) is 2. The molecule has 0 radical (unpaired) electrons. The van der Waals surface area contributed by atoms with E-state index in [1.54, 1.807) is 6.92 Å². The van der Waals surface area contributed by atoms with E-state index in [0.29, 0.717) is 6.54 Å². The summed E-state index contributed by atoms with van der Waals surface area (Å²) in [6.45, 7) is 6.55. The molecule has 1 aliphatic rings. The van der Waals surface area contributed by atoms with Crippen LogP contribution in [-0.2, 0) is 9.59 Å². The van der Waals surface area contributed by atoms with Crippen molar-refractivity contribution in [2.24, 2.45) is 0 Å². The van der Waals surface area contributed by atoms with Gasteiger partial charge in [-0.05, 0) is 32.8 Å². The maximum atomic E-state index is 12.3. The molecular formula is C14H22N4O2. The van der Waals surface area contributed by atoms with Gasteiger partial charge in [-0.2, -0.15) is 5.10 Å². The Labute approximate surface area is 118 Å². The Balaban J connectivity index is 1.99. The normalized spacial score (nSPS) is 20.6. The van der Waals surface area contributed by atoms with Gasteiger partial charge in [-0.25, -0.2) is 0 Å². The minimum Gasteiger partial charge on any atom is -0.345 e. The van der Waals surface area contributed by atoms with E-state index in [1.807, 2.05) is 17.9 Å². The lowest BCUT2D eigenvalue weighted by atomic mass is 9.94. The van der Waals surface area contributed by atoms with Gasteiger partial charge in [-0.15, -0.1) is 0 Å². The van der Waals surface area contributed by atoms with Gasteiger partial charge in [0.05, 0.1) is 5.69 Å². The van der Waals surface area contributed by atoms with E-state index in [2.05, 4.69) is 15.5 Å². The second-order valence-electron chi connectivity index (χ2n) is 5.52. The van der Waals surface area contributed by atoms with Crippen LogP contribution < -0.4 is 5.32 Å². The SMILES string of the molecule is CC(=O)N[C@H](C)C(=O)N1CCC[C@H](c2cc(C)[nH]n2)C1. The summed E-state index contributed by atoms with van der Waals surface area (Å²) < 4.78 is 0. The molecule has 1 saturated heterocycles. The van der Waals surface area contributed by atoms with E-state index >= 15 is 0 Å². The summed E-state index contributed by atoms with van der Waals surface area (Å²) in [6, 6.07) is 1.57. The molecule has 0 saturated carbocycles. The molecule has 0 unspecified atom stereocenters. The molecule has 2 amide bonds. The van der Waals surface area contributed by atoms with Gasteiger partial charge >= 0.3 is 0 Å². The molecule has 0 aromatic carbocycles. The zero-order chi connectivity index (χ0) is 14.7. The van der Waals surface area contributed by atoms with Crippen LogP contribution in [0.15, 0.2) is 6.07 Å². The quantitative estimate of drug-likeness (QED) is 0.864. The van der Waals surface area contributed by atoms with Crippen molar-refractivity contribution in [1.82, 2.24) is 20.4 Å². The molecule has 6 heteroatoms. The second-order valence-corrected chi connectivity index (χ2v) is 5.52. The zero-order valence-electron chi connectivity index (χ0n) is 12.3. The first-order chi connectivity index (χ1) is 9.47. The van der Waals surface area contributed by atoms with Crippen molar-refractivity contribution in [3.8, 4) is 0 Å². The number of amides is 2. The summed E-state index contributed by atoms with van der Waals surface area (Å²) in [5.74, 6) is 0.0849. The third-order valence-corrected chi connectivity index (χ3v) is 3.67. The highest BCUT2D eigenvalue weighted by Gasteiger charge is 2.28. The zero-order valence-corrected chi connectivity index (χ0v) is 12.3. The molecule has 0 aliphatic carbocycles. The molecule has 1 aliphatic heterocycles. The van der Waals surface area contributed by atoms with Gasteiger partial charge in [0.25, 0.3) is 0 Å². The molecule has 2 rings (SSSR count). The fraction of sp³-hybridized carbons (Fsp3) is 0.643. The predicted molar refractivity (Wildman–Crippen MR) is 75.2 cm³/mol. The average Bonchev–Trinajstić information content (AvgIpc) is 2.84. The number of likely N-dealkylation sites (tertiary alicyclic amines) is 1. The maximum Gasteiger partial charge on any atom is 0.244 e. The Morgan fingerprint density at radius 2 is 2.30 bits per heavy atom. The fourth-order valence-electron chi connectivity index (χ4n) is 2.71. The molecule has 1 aromatic heterocycles. The van der Waals surface area contributed by atoms with E-state index in [1.165, 1.54) is 6.92 Å². The number of aromatic amines is 1. The van der Waals surface area contributed by atoms with Gasteiger partial charge in [0, 0.05) is 31.6 Å². The molecule has 1 fully saturated rings. The molecule has 0 bridgehead atoms. The summed E-state index contributed by atoms with van der Waals surface area (Å²) in [6.07, 6.45) is 2.01. The molecular weight excluding hydrogens is 256 g/mol. The molecule has 1 aromatic rings. The van der Waals surface area contributed by atoms with E-state index in [4.69, 9.17) is 0 Å². The van der Waals surface area contributed by atoms with Crippen molar-refractivity contribution in [3.05, 3.63) is 17.5 Å². The molecule has 20 heavy (non-hydrogen) atoms. The summed E-state index contributed by atoms with van der Waals surface area (Å²) in [7, 11) is 0. The first-order valence-electron chi connectivity index (χ1n) is 7.05. The number of nitrogens with zero attached hydrogens (tertiary/aromatic N) is 2. The van der Waals surface area contributed by atoms with Crippen LogP contribution in [0.1, 0.15) is 44.0 Å². The molecule has 2 N–H and O–H groups in total. The highest BCUT2D eigenvalue weighted by Crippen LogP contribution is 2.26. The number of H-pyrrole nitrogens is 1. The molecule has 6 nitrogen and oxygen atoms in total. The van der Waals surface area contributed by atoms with E-state index in [0.717, 1.165) is 30.8 Å². The molecule has 2 atom stereocenters. The number of carbonyl (C=O) groups is 2. The van der Waals surface area contributed by atoms with Crippen LogP contribution in [-0.4, -0.2) is 46.0 Å². The minimum atomic E-state index is -0.466. The highest BCUT2D eigenvalue weighted by molar-refractivity contribution is 5.86. The number of nitrogens with one attached hydrogen (secondary N) is 2. The lowest BCUT2D eigenvalue weighted by Crippen LogP contribution is -2.49. The smallest absolute Gasteiger partial charge is 0.244 e. The number of hydrogen-bond acceptors (Lipinski definition) is 3. The molecule has 2 heterocycles. The van der Waals surface area contributed by atoms with Crippen LogP contribution in [0.5, 0.6) is 0 Å². The third kappa shape index (κ3) is 3.37. The topological polar surface area (TPSA) is 78.1 Å². The Morgan fingerprint density at radius 3 is 2.90 bits per heavy atom. The van der Waals surface area contributed by atoms with Gasteiger partial charge < -0.3 is 10.2 Å². The number of piperidine rings is 1. The second kappa shape index (κ2) is 6.07. The first-order valence-corrected chi connectivity index (χ1v) is 7.05. The van der Waals surface area contributed by atoms with Crippen molar-refractivity contribution in [3.63, 3.8) is 0 Å². The van der Waals surface area contributed by atoms with Gasteiger partial charge in [0.15, 0.2) is 0 Å². The van der Waals surface area contributed by atoms with E-state index < -0.39 is 6.04 Å². The lowest BCUT2D eigenvalue weighted by molar-refractivity contribution is -0.136. The Bertz CT molecular complexity index is 497. The Kier molecular flexibility index (Phi) is 4.42. The maximum absolute atomic E-state index is 12.3. The van der Waals surface area contributed by atoms with Crippen LogP contribution >= 0.6 is 0 Å². The molecule has 110 valence electrons. The van der Waals surface area contributed by atoms with Gasteiger partial charge in [-0.3, -0.25) is 14.7 Å². The van der Waals surface area contributed by atoms with Crippen LogP contribution in [0.4, 0.5) is 0 Å². The number of carbonyl (C=O) groups excluding carboxylic acids is 2. The Hall–Kier alpha value is -1.85. The standard InChI is InChI=1S/C14H22N4O2/c1-9-7-13(17-16-9)12-5-4-6-18(8-12)14(20)10(2)15-11(3)19/h7,10,12H,4-6,8H2,1-3H3,(H,15,19)(H,16,17)/t10-,12+/m1/s1. The molecule has 0 spiro atoms. The number of rotatable bonds is 3. The van der Waals surface area contributed by atoms with E-state index in [-0.39, 0.29) is 17.7 Å². The van der Waals surface area contributed by atoms with Gasteiger partial charge in [0.2, 0.25) is 11.8 Å². The van der Waals surface area contributed by atoms with Crippen LogP contribution in [0.3, 0.4) is 0 Å². The van der Waals surface area contributed by atoms with Crippen molar-refractivity contribution in [1.29, 1.82) is 0 Å². The van der Waals surface area contributed by atoms with Gasteiger partial charge in [0.1, 0.15) is 6.04 Å². The first kappa shape index (κ1) is 14.6. The summed E-state index contributed by atoms with van der Waals surface area (Å²) in [4.78, 5) is 25.2. The lowest BCUT2D eigenvalue weighted by Gasteiger charge is -2.33.